The van der Waals surface area contributed by atoms with Gasteiger partial charge < -0.3 is 10.6 Å². The highest BCUT2D eigenvalue weighted by atomic mass is 19.1. The molecule has 20 heavy (non-hydrogen) atoms. The molecule has 2 N–H and O–H groups in total. The maximum Gasteiger partial charge on any atom is 0.230 e. The monoisotopic (exact) mass is 280 g/mol. The van der Waals surface area contributed by atoms with Crippen molar-refractivity contribution in [3.8, 4) is 0 Å². The highest BCUT2D eigenvalue weighted by Crippen LogP contribution is 2.28. The molecule has 112 valence electrons. The molecular weight excluding hydrogens is 255 g/mol. The van der Waals surface area contributed by atoms with Gasteiger partial charge in [-0.2, -0.15) is 0 Å². The summed E-state index contributed by atoms with van der Waals surface area (Å²) in [5.74, 6) is -0.211. The average Bonchev–Trinajstić information content (AvgIpc) is 2.47. The van der Waals surface area contributed by atoms with E-state index >= 15 is 0 Å². The van der Waals surface area contributed by atoms with E-state index in [-0.39, 0.29) is 17.8 Å². The first kappa shape index (κ1) is 16.6. The number of halogens is 1. The van der Waals surface area contributed by atoms with Crippen LogP contribution in [-0.2, 0) is 4.79 Å². The van der Waals surface area contributed by atoms with Gasteiger partial charge in [0.1, 0.15) is 5.82 Å². The molecule has 2 unspecified atom stereocenters. The lowest BCUT2D eigenvalue weighted by atomic mass is 9.85. The summed E-state index contributed by atoms with van der Waals surface area (Å²) in [7, 11) is 0. The van der Waals surface area contributed by atoms with Gasteiger partial charge in [-0.25, -0.2) is 4.39 Å². The number of rotatable bonds is 6. The third kappa shape index (κ3) is 3.37. The van der Waals surface area contributed by atoms with Crippen molar-refractivity contribution < 1.29 is 9.18 Å². The van der Waals surface area contributed by atoms with E-state index in [1.165, 1.54) is 12.1 Å². The molecule has 0 spiro atoms. The number of carbonyl (C=O) groups is 1. The van der Waals surface area contributed by atoms with Crippen molar-refractivity contribution in [1.82, 2.24) is 4.90 Å². The van der Waals surface area contributed by atoms with Gasteiger partial charge in [0.25, 0.3) is 0 Å². The van der Waals surface area contributed by atoms with Gasteiger partial charge in [-0.3, -0.25) is 4.79 Å². The van der Waals surface area contributed by atoms with E-state index in [4.69, 9.17) is 5.73 Å². The molecule has 0 radical (unpaired) electrons. The van der Waals surface area contributed by atoms with Crippen LogP contribution in [0.25, 0.3) is 0 Å². The lowest BCUT2D eigenvalue weighted by molar-refractivity contribution is -0.143. The molecule has 1 rings (SSSR count). The number of amides is 1. The van der Waals surface area contributed by atoms with Crippen molar-refractivity contribution in [2.24, 2.45) is 11.1 Å². The Morgan fingerprint density at radius 1 is 1.35 bits per heavy atom. The first-order valence-electron chi connectivity index (χ1n) is 7.16. The maximum absolute atomic E-state index is 13.0. The quantitative estimate of drug-likeness (QED) is 0.870. The number of carbonyl (C=O) groups excluding carboxylic acids is 1. The molecule has 0 aliphatic rings. The molecule has 3 nitrogen and oxygen atoms in total. The molecule has 4 heteroatoms. The molecule has 0 aliphatic heterocycles. The predicted molar refractivity (Wildman–Crippen MR) is 79.7 cm³/mol. The zero-order valence-corrected chi connectivity index (χ0v) is 12.8. The van der Waals surface area contributed by atoms with Gasteiger partial charge in [0.05, 0.1) is 11.5 Å². The Morgan fingerprint density at radius 3 is 2.30 bits per heavy atom. The van der Waals surface area contributed by atoms with E-state index < -0.39 is 5.41 Å². The standard InChI is InChI=1S/C16H25FN2O/c1-5-16(4,11-18)15(20)19(6-2)12(3)13-7-9-14(17)10-8-13/h7-10,12H,5-6,11,18H2,1-4H3. The zero-order chi connectivity index (χ0) is 15.3. The van der Waals surface area contributed by atoms with Crippen LogP contribution < -0.4 is 5.73 Å². The second kappa shape index (κ2) is 6.84. The summed E-state index contributed by atoms with van der Waals surface area (Å²) < 4.78 is 13.0. The van der Waals surface area contributed by atoms with Gasteiger partial charge in [0.15, 0.2) is 0 Å². The minimum Gasteiger partial charge on any atom is -0.336 e. The molecule has 2 atom stereocenters. The van der Waals surface area contributed by atoms with Gasteiger partial charge in [-0.05, 0) is 44.9 Å². The Labute approximate surface area is 121 Å². The highest BCUT2D eigenvalue weighted by Gasteiger charge is 2.35. The normalized spacial score (nSPS) is 15.5. The summed E-state index contributed by atoms with van der Waals surface area (Å²) in [4.78, 5) is 14.5. The molecule has 0 aromatic heterocycles. The lowest BCUT2D eigenvalue weighted by Gasteiger charge is -2.36. The van der Waals surface area contributed by atoms with E-state index in [1.54, 1.807) is 12.1 Å². The van der Waals surface area contributed by atoms with Gasteiger partial charge in [-0.1, -0.05) is 19.1 Å². The summed E-state index contributed by atoms with van der Waals surface area (Å²) >= 11 is 0. The van der Waals surface area contributed by atoms with Crippen LogP contribution in [-0.4, -0.2) is 23.9 Å². The van der Waals surface area contributed by atoms with Crippen LogP contribution in [0.15, 0.2) is 24.3 Å². The van der Waals surface area contributed by atoms with Crippen LogP contribution in [0.2, 0.25) is 0 Å². The molecule has 0 aliphatic carbocycles. The number of nitrogens with two attached hydrogens (primary N) is 1. The molecule has 0 heterocycles. The van der Waals surface area contributed by atoms with Crippen LogP contribution in [0.3, 0.4) is 0 Å². The predicted octanol–water partition coefficient (Wildman–Crippen LogP) is 3.11. The van der Waals surface area contributed by atoms with Crippen LogP contribution in [0.1, 0.15) is 45.7 Å². The third-order valence-electron chi connectivity index (χ3n) is 4.17. The molecule has 1 aromatic carbocycles. The fourth-order valence-corrected chi connectivity index (χ4v) is 2.24. The first-order valence-corrected chi connectivity index (χ1v) is 7.16. The van der Waals surface area contributed by atoms with E-state index in [2.05, 4.69) is 0 Å². The fraction of sp³-hybridized carbons (Fsp3) is 0.562. The zero-order valence-electron chi connectivity index (χ0n) is 12.8. The summed E-state index contributed by atoms with van der Waals surface area (Å²) in [6.07, 6.45) is 0.703. The Balaban J connectivity index is 3.00. The smallest absolute Gasteiger partial charge is 0.230 e. The number of hydrogen-bond donors (Lipinski definition) is 1. The first-order chi connectivity index (χ1) is 9.39. The van der Waals surface area contributed by atoms with Crippen molar-refractivity contribution in [3.05, 3.63) is 35.6 Å². The van der Waals surface area contributed by atoms with E-state index in [0.717, 1.165) is 5.56 Å². The molecular formula is C16H25FN2O. The molecule has 1 aromatic rings. The van der Waals surface area contributed by atoms with Gasteiger partial charge in [0, 0.05) is 13.1 Å². The third-order valence-corrected chi connectivity index (χ3v) is 4.17. The van der Waals surface area contributed by atoms with Crippen molar-refractivity contribution in [3.63, 3.8) is 0 Å². The van der Waals surface area contributed by atoms with E-state index in [0.29, 0.717) is 19.5 Å². The largest absolute Gasteiger partial charge is 0.336 e. The van der Waals surface area contributed by atoms with Crippen LogP contribution in [0, 0.1) is 11.2 Å². The molecule has 0 fully saturated rings. The Bertz CT molecular complexity index is 440. The number of hydrogen-bond acceptors (Lipinski definition) is 2. The minimum absolute atomic E-state index is 0.0572. The van der Waals surface area contributed by atoms with Crippen LogP contribution in [0.4, 0.5) is 4.39 Å². The minimum atomic E-state index is -0.537. The Hall–Kier alpha value is -1.42. The van der Waals surface area contributed by atoms with E-state index in [9.17, 15) is 9.18 Å². The van der Waals surface area contributed by atoms with Crippen LogP contribution in [0.5, 0.6) is 0 Å². The molecule has 1 amide bonds. The molecule has 0 saturated carbocycles. The van der Waals surface area contributed by atoms with Crippen LogP contribution >= 0.6 is 0 Å². The average molecular weight is 280 g/mol. The Morgan fingerprint density at radius 2 is 1.90 bits per heavy atom. The topological polar surface area (TPSA) is 46.3 Å². The van der Waals surface area contributed by atoms with Crippen molar-refractivity contribution in [2.75, 3.05) is 13.1 Å². The maximum atomic E-state index is 13.0. The second-order valence-corrected chi connectivity index (χ2v) is 5.44. The summed E-state index contributed by atoms with van der Waals surface area (Å²) in [6, 6.07) is 6.20. The SMILES string of the molecule is CCN(C(=O)C(C)(CC)CN)C(C)c1ccc(F)cc1. The van der Waals surface area contributed by atoms with Crippen molar-refractivity contribution in [2.45, 2.75) is 40.2 Å². The number of benzene rings is 1. The number of nitrogens with zero attached hydrogens (tertiary/aromatic N) is 1. The van der Waals surface area contributed by atoms with Crippen molar-refractivity contribution >= 4 is 5.91 Å². The van der Waals surface area contributed by atoms with Crippen molar-refractivity contribution in [1.29, 1.82) is 0 Å². The summed E-state index contributed by atoms with van der Waals surface area (Å²) in [6.45, 7) is 8.71. The van der Waals surface area contributed by atoms with Gasteiger partial charge in [0.2, 0.25) is 5.91 Å². The van der Waals surface area contributed by atoms with Gasteiger partial charge in [-0.15, -0.1) is 0 Å². The highest BCUT2D eigenvalue weighted by molar-refractivity contribution is 5.83. The second-order valence-electron chi connectivity index (χ2n) is 5.44. The van der Waals surface area contributed by atoms with E-state index in [1.807, 2.05) is 32.6 Å². The molecule has 0 bridgehead atoms. The summed E-state index contributed by atoms with van der Waals surface area (Å²) in [5.41, 5.74) is 6.16. The lowest BCUT2D eigenvalue weighted by Crippen LogP contribution is -2.47. The molecule has 0 saturated heterocycles. The Kier molecular flexibility index (Phi) is 5.69. The summed E-state index contributed by atoms with van der Waals surface area (Å²) in [5, 5.41) is 0. The van der Waals surface area contributed by atoms with Gasteiger partial charge >= 0.3 is 0 Å². The fourth-order valence-electron chi connectivity index (χ4n) is 2.24.